The molecule has 0 aromatic carbocycles. The lowest BCUT2D eigenvalue weighted by Gasteiger charge is -2.27. The summed E-state index contributed by atoms with van der Waals surface area (Å²) in [6.45, 7) is 9.54. The highest BCUT2D eigenvalue weighted by molar-refractivity contribution is 5.82. The number of hydrogen-bond donors (Lipinski definition) is 2. The number of carboxylic acid groups (broad SMARTS) is 1. The summed E-state index contributed by atoms with van der Waals surface area (Å²) in [6, 6.07) is 0.150. The van der Waals surface area contributed by atoms with E-state index in [-0.39, 0.29) is 18.4 Å². The molecule has 1 unspecified atom stereocenters. The fourth-order valence-corrected chi connectivity index (χ4v) is 1.73. The van der Waals surface area contributed by atoms with Crippen molar-refractivity contribution in [2.75, 3.05) is 0 Å². The van der Waals surface area contributed by atoms with Crippen LogP contribution in [0.3, 0.4) is 0 Å². The lowest BCUT2D eigenvalue weighted by molar-refractivity contribution is -0.148. The van der Waals surface area contributed by atoms with Crippen molar-refractivity contribution in [2.24, 2.45) is 11.3 Å². The van der Waals surface area contributed by atoms with E-state index in [9.17, 15) is 9.59 Å². The average molecular weight is 243 g/mol. The van der Waals surface area contributed by atoms with Crippen molar-refractivity contribution in [3.8, 4) is 0 Å². The summed E-state index contributed by atoms with van der Waals surface area (Å²) >= 11 is 0. The van der Waals surface area contributed by atoms with E-state index in [2.05, 4.69) is 5.32 Å². The molecule has 1 atom stereocenters. The van der Waals surface area contributed by atoms with E-state index in [1.807, 2.05) is 34.6 Å². The Morgan fingerprint density at radius 2 is 1.65 bits per heavy atom. The summed E-state index contributed by atoms with van der Waals surface area (Å²) < 4.78 is 0. The molecule has 0 bridgehead atoms. The zero-order chi connectivity index (χ0) is 13.6. The summed E-state index contributed by atoms with van der Waals surface area (Å²) in [4.78, 5) is 22.9. The normalized spacial score (nSPS) is 13.5. The zero-order valence-corrected chi connectivity index (χ0v) is 11.5. The maximum absolute atomic E-state index is 11.8. The number of rotatable bonds is 6. The molecule has 0 aliphatic heterocycles. The molecule has 2 N–H and O–H groups in total. The fraction of sp³-hybridized carbons (Fsp3) is 0.846. The standard InChI is InChI=1S/C13H25NO3/c1-6-9(7-2)14-11(15)8-10(12(16)17)13(3,4)5/h9-10H,6-8H2,1-5H3,(H,14,15)(H,16,17). The smallest absolute Gasteiger partial charge is 0.307 e. The Morgan fingerprint density at radius 3 is 1.94 bits per heavy atom. The molecule has 100 valence electrons. The molecule has 0 aliphatic rings. The predicted molar refractivity (Wildman–Crippen MR) is 67.7 cm³/mol. The van der Waals surface area contributed by atoms with Gasteiger partial charge in [0.25, 0.3) is 0 Å². The molecular formula is C13H25NO3. The van der Waals surface area contributed by atoms with E-state index < -0.39 is 17.3 Å². The van der Waals surface area contributed by atoms with Crippen LogP contribution in [0.5, 0.6) is 0 Å². The van der Waals surface area contributed by atoms with Gasteiger partial charge in [0.15, 0.2) is 0 Å². The van der Waals surface area contributed by atoms with Crippen LogP contribution in [0.2, 0.25) is 0 Å². The van der Waals surface area contributed by atoms with Gasteiger partial charge >= 0.3 is 5.97 Å². The molecule has 0 radical (unpaired) electrons. The maximum Gasteiger partial charge on any atom is 0.307 e. The van der Waals surface area contributed by atoms with Gasteiger partial charge in [-0.1, -0.05) is 34.6 Å². The van der Waals surface area contributed by atoms with E-state index in [0.29, 0.717) is 0 Å². The molecule has 0 fully saturated rings. The molecule has 0 spiro atoms. The van der Waals surface area contributed by atoms with Crippen LogP contribution < -0.4 is 5.32 Å². The van der Waals surface area contributed by atoms with E-state index >= 15 is 0 Å². The van der Waals surface area contributed by atoms with Crippen LogP contribution in [-0.2, 0) is 9.59 Å². The van der Waals surface area contributed by atoms with Gasteiger partial charge < -0.3 is 10.4 Å². The van der Waals surface area contributed by atoms with Crippen molar-refractivity contribution in [1.82, 2.24) is 5.32 Å². The Morgan fingerprint density at radius 1 is 1.18 bits per heavy atom. The van der Waals surface area contributed by atoms with Gasteiger partial charge in [0.05, 0.1) is 5.92 Å². The van der Waals surface area contributed by atoms with Crippen molar-refractivity contribution in [3.63, 3.8) is 0 Å². The Balaban J connectivity index is 4.48. The van der Waals surface area contributed by atoms with E-state index in [1.165, 1.54) is 0 Å². The van der Waals surface area contributed by atoms with Gasteiger partial charge in [-0.3, -0.25) is 9.59 Å². The Bertz CT molecular complexity index is 264. The molecule has 17 heavy (non-hydrogen) atoms. The number of hydrogen-bond acceptors (Lipinski definition) is 2. The molecule has 0 aliphatic carbocycles. The van der Waals surface area contributed by atoms with Crippen LogP contribution in [0.15, 0.2) is 0 Å². The van der Waals surface area contributed by atoms with Gasteiger partial charge in [0.1, 0.15) is 0 Å². The second-order valence-corrected chi connectivity index (χ2v) is 5.54. The fourth-order valence-electron chi connectivity index (χ4n) is 1.73. The van der Waals surface area contributed by atoms with Crippen LogP contribution in [-0.4, -0.2) is 23.0 Å². The Hall–Kier alpha value is -1.06. The highest BCUT2D eigenvalue weighted by Crippen LogP contribution is 2.28. The number of amides is 1. The predicted octanol–water partition coefficient (Wildman–Crippen LogP) is 2.43. The SMILES string of the molecule is CCC(CC)NC(=O)CC(C(=O)O)C(C)(C)C. The average Bonchev–Trinajstić information content (AvgIpc) is 2.20. The lowest BCUT2D eigenvalue weighted by atomic mass is 9.78. The summed E-state index contributed by atoms with van der Waals surface area (Å²) in [5, 5.41) is 12.0. The van der Waals surface area contributed by atoms with E-state index in [4.69, 9.17) is 5.11 Å². The van der Waals surface area contributed by atoms with E-state index in [0.717, 1.165) is 12.8 Å². The molecule has 0 saturated carbocycles. The highest BCUT2D eigenvalue weighted by Gasteiger charge is 2.33. The van der Waals surface area contributed by atoms with Crippen LogP contribution in [0.25, 0.3) is 0 Å². The lowest BCUT2D eigenvalue weighted by Crippen LogP contribution is -2.39. The number of carbonyl (C=O) groups is 2. The number of carboxylic acids is 1. The first kappa shape index (κ1) is 15.9. The number of aliphatic carboxylic acids is 1. The first-order valence-corrected chi connectivity index (χ1v) is 6.24. The third-order valence-electron chi connectivity index (χ3n) is 3.08. The molecule has 4 nitrogen and oxygen atoms in total. The van der Waals surface area contributed by atoms with Crippen LogP contribution in [0.4, 0.5) is 0 Å². The quantitative estimate of drug-likeness (QED) is 0.753. The number of nitrogens with one attached hydrogen (secondary N) is 1. The zero-order valence-electron chi connectivity index (χ0n) is 11.5. The van der Waals surface area contributed by atoms with Crippen molar-refractivity contribution in [2.45, 2.75) is 59.9 Å². The summed E-state index contributed by atoms with van der Waals surface area (Å²) in [7, 11) is 0. The monoisotopic (exact) mass is 243 g/mol. The van der Waals surface area contributed by atoms with Crippen molar-refractivity contribution < 1.29 is 14.7 Å². The van der Waals surface area contributed by atoms with Gasteiger partial charge in [-0.15, -0.1) is 0 Å². The molecular weight excluding hydrogens is 218 g/mol. The van der Waals surface area contributed by atoms with Gasteiger partial charge in [-0.2, -0.15) is 0 Å². The first-order chi connectivity index (χ1) is 7.72. The van der Waals surface area contributed by atoms with Gasteiger partial charge in [-0.25, -0.2) is 0 Å². The van der Waals surface area contributed by atoms with Crippen LogP contribution in [0.1, 0.15) is 53.9 Å². The Labute approximate surface area is 104 Å². The molecule has 0 aromatic rings. The van der Waals surface area contributed by atoms with E-state index in [1.54, 1.807) is 0 Å². The van der Waals surface area contributed by atoms with Gasteiger partial charge in [0.2, 0.25) is 5.91 Å². The van der Waals surface area contributed by atoms with Gasteiger partial charge in [-0.05, 0) is 18.3 Å². The van der Waals surface area contributed by atoms with Crippen LogP contribution in [0, 0.1) is 11.3 Å². The van der Waals surface area contributed by atoms with Crippen LogP contribution >= 0.6 is 0 Å². The summed E-state index contributed by atoms with van der Waals surface area (Å²) in [5.74, 6) is -1.71. The second-order valence-electron chi connectivity index (χ2n) is 5.54. The third kappa shape index (κ3) is 5.71. The minimum absolute atomic E-state index is 0.0509. The molecule has 0 rings (SSSR count). The molecule has 1 amide bonds. The van der Waals surface area contributed by atoms with Crippen molar-refractivity contribution >= 4 is 11.9 Å². The summed E-state index contributed by atoms with van der Waals surface area (Å²) in [6.07, 6.45) is 1.79. The third-order valence-corrected chi connectivity index (χ3v) is 3.08. The maximum atomic E-state index is 11.8. The number of carbonyl (C=O) groups excluding carboxylic acids is 1. The highest BCUT2D eigenvalue weighted by atomic mass is 16.4. The minimum atomic E-state index is -0.905. The molecule has 0 saturated heterocycles. The largest absolute Gasteiger partial charge is 0.481 e. The topological polar surface area (TPSA) is 66.4 Å². The molecule has 4 heteroatoms. The Kier molecular flexibility index (Phi) is 6.21. The van der Waals surface area contributed by atoms with Crippen molar-refractivity contribution in [1.29, 1.82) is 0 Å². The molecule has 0 aromatic heterocycles. The first-order valence-electron chi connectivity index (χ1n) is 6.24. The van der Waals surface area contributed by atoms with Gasteiger partial charge in [0, 0.05) is 12.5 Å². The summed E-state index contributed by atoms with van der Waals surface area (Å²) in [5.41, 5.74) is -0.406. The molecule has 0 heterocycles. The minimum Gasteiger partial charge on any atom is -0.481 e. The van der Waals surface area contributed by atoms with Crippen molar-refractivity contribution in [3.05, 3.63) is 0 Å². The second kappa shape index (κ2) is 6.62.